The maximum Gasteiger partial charge on any atom is 0.306 e. The molecule has 0 amide bonds. The Kier molecular flexibility index (Phi) is 60.6. The molecule has 0 radical (unpaired) electrons. The molecule has 73 heavy (non-hydrogen) atoms. The van der Waals surface area contributed by atoms with Gasteiger partial charge in [-0.25, -0.2) is 0 Å². The Bertz CT molecular complexity index is 1180. The second-order valence-electron chi connectivity index (χ2n) is 22.4. The Morgan fingerprint density at radius 2 is 0.507 bits per heavy atom. The summed E-state index contributed by atoms with van der Waals surface area (Å²) in [6.07, 6.45) is 75.1. The molecule has 0 saturated carbocycles. The fraction of sp³-hybridized carbons (Fsp3) is 0.896. The molecule has 0 fully saturated rings. The first-order valence-corrected chi connectivity index (χ1v) is 32.8. The van der Waals surface area contributed by atoms with Gasteiger partial charge in [-0.1, -0.05) is 328 Å². The summed E-state index contributed by atoms with van der Waals surface area (Å²) in [6, 6.07) is 0. The molecule has 0 bridgehead atoms. The molecule has 0 aromatic carbocycles. The zero-order chi connectivity index (χ0) is 52.9. The molecule has 6 heteroatoms. The molecule has 0 aromatic rings. The van der Waals surface area contributed by atoms with E-state index in [1.54, 1.807) is 0 Å². The van der Waals surface area contributed by atoms with E-state index in [2.05, 4.69) is 45.1 Å². The molecule has 0 aliphatic carbocycles. The second-order valence-corrected chi connectivity index (χ2v) is 22.4. The van der Waals surface area contributed by atoms with E-state index in [1.807, 2.05) is 0 Å². The van der Waals surface area contributed by atoms with Gasteiger partial charge in [0.15, 0.2) is 6.10 Å². The highest BCUT2D eigenvalue weighted by molar-refractivity contribution is 5.71. The lowest BCUT2D eigenvalue weighted by Crippen LogP contribution is -2.30. The zero-order valence-corrected chi connectivity index (χ0v) is 49.4. The standard InChI is InChI=1S/C67H126O6/c1-4-7-10-13-16-19-22-24-26-27-28-29-30-31-32-33-34-35-36-37-38-39-40-41-42-44-45-48-51-54-57-60-66(69)72-63-64(62-71-65(68)59-56-53-50-47-21-18-15-12-9-6-3)73-67(70)61-58-55-52-49-46-43-25-23-20-17-14-11-8-5-2/h14,17,23,25,64H,4-13,15-16,18-22,24,26-63H2,1-3H3/b17-14-,25-23-. The molecule has 0 rings (SSSR count). The number of esters is 3. The van der Waals surface area contributed by atoms with Crippen molar-refractivity contribution in [2.45, 2.75) is 374 Å². The summed E-state index contributed by atoms with van der Waals surface area (Å²) in [7, 11) is 0. The third kappa shape index (κ3) is 60.6. The molecule has 0 saturated heterocycles. The number of ether oxygens (including phenoxy) is 3. The molecule has 1 atom stereocenters. The zero-order valence-electron chi connectivity index (χ0n) is 49.4. The molecule has 0 aromatic heterocycles. The summed E-state index contributed by atoms with van der Waals surface area (Å²) in [5.41, 5.74) is 0. The van der Waals surface area contributed by atoms with Gasteiger partial charge in [0, 0.05) is 19.3 Å². The van der Waals surface area contributed by atoms with Crippen molar-refractivity contribution in [1.82, 2.24) is 0 Å². The minimum Gasteiger partial charge on any atom is -0.462 e. The third-order valence-electron chi connectivity index (χ3n) is 15.0. The van der Waals surface area contributed by atoms with Gasteiger partial charge in [-0.15, -0.1) is 0 Å². The topological polar surface area (TPSA) is 78.9 Å². The van der Waals surface area contributed by atoms with Gasteiger partial charge in [-0.2, -0.15) is 0 Å². The van der Waals surface area contributed by atoms with Crippen LogP contribution in [0.15, 0.2) is 24.3 Å². The van der Waals surface area contributed by atoms with Crippen LogP contribution in [0.4, 0.5) is 0 Å². The Morgan fingerprint density at radius 1 is 0.274 bits per heavy atom. The maximum absolute atomic E-state index is 12.8. The van der Waals surface area contributed by atoms with Crippen LogP contribution in [0.2, 0.25) is 0 Å². The first-order valence-electron chi connectivity index (χ1n) is 32.8. The summed E-state index contributed by atoms with van der Waals surface area (Å²) in [6.45, 7) is 6.63. The fourth-order valence-corrected chi connectivity index (χ4v) is 9.99. The average Bonchev–Trinajstić information content (AvgIpc) is 3.39. The van der Waals surface area contributed by atoms with Gasteiger partial charge < -0.3 is 14.2 Å². The average molecular weight is 1030 g/mol. The fourth-order valence-electron chi connectivity index (χ4n) is 9.99. The summed E-state index contributed by atoms with van der Waals surface area (Å²) < 4.78 is 16.9. The number of hydrogen-bond acceptors (Lipinski definition) is 6. The van der Waals surface area contributed by atoms with Crippen LogP contribution in [-0.2, 0) is 28.6 Å². The van der Waals surface area contributed by atoms with Crippen LogP contribution in [-0.4, -0.2) is 37.2 Å². The highest BCUT2D eigenvalue weighted by Gasteiger charge is 2.19. The Balaban J connectivity index is 4.03. The predicted octanol–water partition coefficient (Wildman–Crippen LogP) is 22.2. The van der Waals surface area contributed by atoms with Crippen LogP contribution in [0.3, 0.4) is 0 Å². The third-order valence-corrected chi connectivity index (χ3v) is 15.0. The second kappa shape index (κ2) is 62.4. The van der Waals surface area contributed by atoms with Crippen LogP contribution >= 0.6 is 0 Å². The lowest BCUT2D eigenvalue weighted by atomic mass is 10.0. The van der Waals surface area contributed by atoms with Gasteiger partial charge in [0.2, 0.25) is 0 Å². The maximum atomic E-state index is 12.8. The van der Waals surface area contributed by atoms with Crippen LogP contribution in [0, 0.1) is 0 Å². The number of hydrogen-bond donors (Lipinski definition) is 0. The quantitative estimate of drug-likeness (QED) is 0.0261. The smallest absolute Gasteiger partial charge is 0.306 e. The molecular weight excluding hydrogens is 901 g/mol. The highest BCUT2D eigenvalue weighted by atomic mass is 16.6. The van der Waals surface area contributed by atoms with Gasteiger partial charge in [-0.3, -0.25) is 14.4 Å². The van der Waals surface area contributed by atoms with E-state index in [4.69, 9.17) is 14.2 Å². The molecular formula is C67H126O6. The van der Waals surface area contributed by atoms with Gasteiger partial charge in [0.25, 0.3) is 0 Å². The Hall–Kier alpha value is -2.11. The molecule has 0 spiro atoms. The van der Waals surface area contributed by atoms with E-state index < -0.39 is 6.10 Å². The molecule has 0 aliphatic rings. The van der Waals surface area contributed by atoms with Crippen molar-refractivity contribution in [3.8, 4) is 0 Å². The van der Waals surface area contributed by atoms with Crippen molar-refractivity contribution in [3.05, 3.63) is 24.3 Å². The van der Waals surface area contributed by atoms with Crippen molar-refractivity contribution in [1.29, 1.82) is 0 Å². The number of carbonyl (C=O) groups excluding carboxylic acids is 3. The van der Waals surface area contributed by atoms with Gasteiger partial charge in [0.1, 0.15) is 13.2 Å². The normalized spacial score (nSPS) is 12.1. The van der Waals surface area contributed by atoms with Crippen molar-refractivity contribution >= 4 is 17.9 Å². The minimum absolute atomic E-state index is 0.0717. The molecule has 0 N–H and O–H groups in total. The van der Waals surface area contributed by atoms with Crippen molar-refractivity contribution in [2.24, 2.45) is 0 Å². The molecule has 0 heterocycles. The Labute approximate surface area is 455 Å². The molecule has 1 unspecified atom stereocenters. The summed E-state index contributed by atoms with van der Waals surface area (Å²) >= 11 is 0. The summed E-state index contributed by atoms with van der Waals surface area (Å²) in [4.78, 5) is 38.1. The Morgan fingerprint density at radius 3 is 0.795 bits per heavy atom. The minimum atomic E-state index is -0.773. The SMILES string of the molecule is CCCC/C=C\C/C=C\CCCCCCCC(=O)OC(COC(=O)CCCCCCCCCCCC)COC(=O)CCCCCCCCCCCCCCCCCCCCCCCCCCCCCCCCC. The monoisotopic (exact) mass is 1030 g/mol. The van der Waals surface area contributed by atoms with E-state index in [-0.39, 0.29) is 31.1 Å². The number of rotatable bonds is 61. The van der Waals surface area contributed by atoms with E-state index in [1.165, 1.54) is 244 Å². The van der Waals surface area contributed by atoms with Crippen LogP contribution in [0.25, 0.3) is 0 Å². The van der Waals surface area contributed by atoms with Gasteiger partial charge >= 0.3 is 17.9 Å². The van der Waals surface area contributed by atoms with Gasteiger partial charge in [0.05, 0.1) is 0 Å². The van der Waals surface area contributed by atoms with Crippen LogP contribution in [0.5, 0.6) is 0 Å². The van der Waals surface area contributed by atoms with Gasteiger partial charge in [-0.05, 0) is 44.9 Å². The molecule has 6 nitrogen and oxygen atoms in total. The van der Waals surface area contributed by atoms with E-state index >= 15 is 0 Å². The number of unbranched alkanes of at least 4 members (excludes halogenated alkanes) is 46. The number of allylic oxidation sites excluding steroid dienone is 4. The van der Waals surface area contributed by atoms with Crippen LogP contribution < -0.4 is 0 Å². The lowest BCUT2D eigenvalue weighted by Gasteiger charge is -2.18. The highest BCUT2D eigenvalue weighted by Crippen LogP contribution is 2.18. The van der Waals surface area contributed by atoms with E-state index in [0.29, 0.717) is 19.3 Å². The van der Waals surface area contributed by atoms with Crippen LogP contribution in [0.1, 0.15) is 367 Å². The molecule has 430 valence electrons. The predicted molar refractivity (Wildman–Crippen MR) is 316 cm³/mol. The summed E-state index contributed by atoms with van der Waals surface area (Å²) in [5.74, 6) is -0.865. The van der Waals surface area contributed by atoms with E-state index in [9.17, 15) is 14.4 Å². The first kappa shape index (κ1) is 70.9. The first-order chi connectivity index (χ1) is 36.0. The largest absolute Gasteiger partial charge is 0.462 e. The van der Waals surface area contributed by atoms with Crippen molar-refractivity contribution < 1.29 is 28.6 Å². The van der Waals surface area contributed by atoms with Crippen molar-refractivity contribution in [3.63, 3.8) is 0 Å². The van der Waals surface area contributed by atoms with Crippen molar-refractivity contribution in [2.75, 3.05) is 13.2 Å². The lowest BCUT2D eigenvalue weighted by molar-refractivity contribution is -0.167. The number of carbonyl (C=O) groups is 3. The summed E-state index contributed by atoms with van der Waals surface area (Å²) in [5, 5.41) is 0. The van der Waals surface area contributed by atoms with E-state index in [0.717, 1.165) is 83.5 Å². The molecule has 0 aliphatic heterocycles.